The Balaban J connectivity index is 1.35. The molecule has 0 atom stereocenters. The summed E-state index contributed by atoms with van der Waals surface area (Å²) >= 11 is 9.58. The summed E-state index contributed by atoms with van der Waals surface area (Å²) in [4.78, 5) is 9.41. The molecule has 5 rings (SSSR count). The number of aryl methyl sites for hydroxylation is 1. The lowest BCUT2D eigenvalue weighted by Crippen LogP contribution is -2.00. The molecule has 3 nitrogen and oxygen atoms in total. The Kier molecular flexibility index (Phi) is 6.26. The third-order valence-corrected chi connectivity index (χ3v) is 7.45. The highest BCUT2D eigenvalue weighted by molar-refractivity contribution is 7.99. The molecule has 0 radical (unpaired) electrons. The normalized spacial score (nSPS) is 11.3. The summed E-state index contributed by atoms with van der Waals surface area (Å²) in [6.07, 6.45) is 3.79. The fourth-order valence-corrected chi connectivity index (χ4v) is 5.58. The van der Waals surface area contributed by atoms with Crippen LogP contribution in [0, 0.1) is 5.82 Å². The topological polar surface area (TPSA) is 30.7 Å². The van der Waals surface area contributed by atoms with E-state index in [1.54, 1.807) is 35.2 Å². The highest BCUT2D eigenvalue weighted by Crippen LogP contribution is 2.31. The maximum Gasteiger partial charge on any atom is 0.173 e. The van der Waals surface area contributed by atoms with E-state index in [0.29, 0.717) is 5.02 Å². The molecule has 0 aliphatic carbocycles. The first-order valence-corrected chi connectivity index (χ1v) is 12.4. The van der Waals surface area contributed by atoms with Crippen LogP contribution in [0.4, 0.5) is 4.39 Å². The van der Waals surface area contributed by atoms with E-state index >= 15 is 0 Å². The lowest BCUT2D eigenvalue weighted by molar-refractivity contribution is 0.628. The van der Waals surface area contributed by atoms with Crippen molar-refractivity contribution in [2.75, 3.05) is 5.75 Å². The van der Waals surface area contributed by atoms with E-state index in [1.807, 2.05) is 36.5 Å². The Morgan fingerprint density at radius 1 is 0.969 bits per heavy atom. The number of nitrogens with zero attached hydrogens (tertiary/aromatic N) is 3. The van der Waals surface area contributed by atoms with Gasteiger partial charge < -0.3 is 0 Å². The zero-order valence-corrected chi connectivity index (χ0v) is 19.4. The molecular formula is C25H19ClFN3S2. The highest BCUT2D eigenvalue weighted by Gasteiger charge is 2.14. The van der Waals surface area contributed by atoms with Crippen LogP contribution in [0.5, 0.6) is 0 Å². The number of imidazole rings is 1. The van der Waals surface area contributed by atoms with Crippen LogP contribution in [0.25, 0.3) is 27.2 Å². The average Bonchev–Trinajstić information content (AvgIpc) is 3.42. The lowest BCUT2D eigenvalue weighted by atomic mass is 10.1. The molecule has 160 valence electrons. The van der Waals surface area contributed by atoms with Crippen LogP contribution in [0.1, 0.15) is 11.4 Å². The SMILES string of the molecule is Fc1ccc(-c2cnc(SCCCc3nc4ccccc4s3)n2-c2ccc(Cl)cc2)cc1. The second kappa shape index (κ2) is 9.45. The third-order valence-electron chi connectivity index (χ3n) is 5.06. The number of halogens is 2. The first-order chi connectivity index (χ1) is 15.7. The van der Waals surface area contributed by atoms with Crippen LogP contribution in [0.2, 0.25) is 5.02 Å². The van der Waals surface area contributed by atoms with Gasteiger partial charge in [0.15, 0.2) is 5.16 Å². The molecule has 0 amide bonds. The van der Waals surface area contributed by atoms with Crippen molar-refractivity contribution >= 4 is 44.9 Å². The van der Waals surface area contributed by atoms with E-state index in [2.05, 4.69) is 27.8 Å². The van der Waals surface area contributed by atoms with E-state index in [4.69, 9.17) is 16.6 Å². The fraction of sp³-hybridized carbons (Fsp3) is 0.120. The number of fused-ring (bicyclic) bond motifs is 1. The number of hydrogen-bond acceptors (Lipinski definition) is 4. The fourth-order valence-electron chi connectivity index (χ4n) is 3.51. The van der Waals surface area contributed by atoms with Crippen molar-refractivity contribution in [2.24, 2.45) is 0 Å². The van der Waals surface area contributed by atoms with Crippen molar-refractivity contribution in [2.45, 2.75) is 18.0 Å². The number of aromatic nitrogens is 3. The first kappa shape index (κ1) is 21.2. The minimum Gasteiger partial charge on any atom is -0.287 e. The van der Waals surface area contributed by atoms with Gasteiger partial charge in [0.2, 0.25) is 0 Å². The van der Waals surface area contributed by atoms with Crippen molar-refractivity contribution in [3.63, 3.8) is 0 Å². The molecular weight excluding hydrogens is 461 g/mol. The van der Waals surface area contributed by atoms with Gasteiger partial charge in [0.1, 0.15) is 5.82 Å². The number of rotatable bonds is 7. The van der Waals surface area contributed by atoms with Crippen molar-refractivity contribution in [3.8, 4) is 16.9 Å². The van der Waals surface area contributed by atoms with E-state index in [1.165, 1.54) is 21.8 Å². The summed E-state index contributed by atoms with van der Waals surface area (Å²) in [5, 5.41) is 2.75. The quantitative estimate of drug-likeness (QED) is 0.177. The number of benzene rings is 3. The van der Waals surface area contributed by atoms with Gasteiger partial charge in [0.05, 0.1) is 27.1 Å². The third kappa shape index (κ3) is 4.58. The Labute approximate surface area is 198 Å². The van der Waals surface area contributed by atoms with Crippen molar-refractivity contribution in [1.29, 1.82) is 0 Å². The highest BCUT2D eigenvalue weighted by atomic mass is 35.5. The van der Waals surface area contributed by atoms with Gasteiger partial charge in [-0.2, -0.15) is 0 Å². The molecule has 0 aliphatic heterocycles. The van der Waals surface area contributed by atoms with Gasteiger partial charge in [0, 0.05) is 28.4 Å². The van der Waals surface area contributed by atoms with Crippen LogP contribution >= 0.6 is 34.7 Å². The molecule has 3 aromatic carbocycles. The van der Waals surface area contributed by atoms with Crippen molar-refractivity contribution < 1.29 is 4.39 Å². The molecule has 0 N–H and O–H groups in total. The standard InChI is InChI=1S/C25H19ClFN3S2/c26-18-9-13-20(14-10-18)30-22(17-7-11-19(27)12-8-17)16-28-25(30)31-15-3-6-24-29-21-4-1-2-5-23(21)32-24/h1-2,4-5,7-14,16H,3,6,15H2. The summed E-state index contributed by atoms with van der Waals surface area (Å²) in [7, 11) is 0. The second-order valence-corrected chi connectivity index (χ2v) is 9.89. The predicted molar refractivity (Wildman–Crippen MR) is 133 cm³/mol. The molecule has 0 fully saturated rings. The van der Waals surface area contributed by atoms with Gasteiger partial charge >= 0.3 is 0 Å². The molecule has 0 unspecified atom stereocenters. The Morgan fingerprint density at radius 3 is 2.53 bits per heavy atom. The minimum absolute atomic E-state index is 0.254. The maximum atomic E-state index is 13.4. The van der Waals surface area contributed by atoms with Gasteiger partial charge in [-0.15, -0.1) is 11.3 Å². The van der Waals surface area contributed by atoms with Crippen LogP contribution in [0.15, 0.2) is 84.1 Å². The van der Waals surface area contributed by atoms with Crippen molar-refractivity contribution in [3.05, 3.63) is 94.8 Å². The minimum atomic E-state index is -0.254. The number of thiazole rings is 1. The summed E-state index contributed by atoms with van der Waals surface area (Å²) in [5.74, 6) is 0.666. The van der Waals surface area contributed by atoms with E-state index in [0.717, 1.165) is 46.2 Å². The second-order valence-electron chi connectivity index (χ2n) is 7.27. The summed E-state index contributed by atoms with van der Waals surface area (Å²) in [6.45, 7) is 0. The van der Waals surface area contributed by atoms with E-state index < -0.39 is 0 Å². The zero-order valence-electron chi connectivity index (χ0n) is 17.0. The van der Waals surface area contributed by atoms with Gasteiger partial charge in [0.25, 0.3) is 0 Å². The maximum absolute atomic E-state index is 13.4. The molecule has 7 heteroatoms. The van der Waals surface area contributed by atoms with E-state index in [-0.39, 0.29) is 5.82 Å². The number of thioether (sulfide) groups is 1. The van der Waals surface area contributed by atoms with Gasteiger partial charge in [-0.05, 0) is 67.1 Å². The molecule has 0 saturated heterocycles. The first-order valence-electron chi connectivity index (χ1n) is 10.2. The molecule has 0 spiro atoms. The summed E-state index contributed by atoms with van der Waals surface area (Å²) < 4.78 is 16.8. The molecule has 0 bridgehead atoms. The van der Waals surface area contributed by atoms with Crippen molar-refractivity contribution in [1.82, 2.24) is 14.5 Å². The molecule has 32 heavy (non-hydrogen) atoms. The number of para-hydroxylation sites is 1. The Hall–Kier alpha value is -2.67. The molecule has 5 aromatic rings. The van der Waals surface area contributed by atoms with E-state index in [9.17, 15) is 4.39 Å². The smallest absolute Gasteiger partial charge is 0.173 e. The molecule has 0 saturated carbocycles. The monoisotopic (exact) mass is 479 g/mol. The van der Waals surface area contributed by atoms with Gasteiger partial charge in [-0.25, -0.2) is 14.4 Å². The summed E-state index contributed by atoms with van der Waals surface area (Å²) in [6, 6.07) is 22.4. The van der Waals surface area contributed by atoms with Crippen LogP contribution < -0.4 is 0 Å². The van der Waals surface area contributed by atoms with Crippen LogP contribution in [0.3, 0.4) is 0 Å². The zero-order chi connectivity index (χ0) is 21.9. The van der Waals surface area contributed by atoms with Crippen LogP contribution in [-0.4, -0.2) is 20.3 Å². The van der Waals surface area contributed by atoms with Gasteiger partial charge in [-0.3, -0.25) is 4.57 Å². The van der Waals surface area contributed by atoms with Crippen LogP contribution in [-0.2, 0) is 6.42 Å². The number of hydrogen-bond donors (Lipinski definition) is 0. The summed E-state index contributed by atoms with van der Waals surface area (Å²) in [5.41, 5.74) is 3.87. The van der Waals surface area contributed by atoms with Gasteiger partial charge in [-0.1, -0.05) is 35.5 Å². The average molecular weight is 480 g/mol. The predicted octanol–water partition coefficient (Wildman–Crippen LogP) is 7.67. The lowest BCUT2D eigenvalue weighted by Gasteiger charge is -2.12. The largest absolute Gasteiger partial charge is 0.287 e. The Morgan fingerprint density at radius 2 is 1.75 bits per heavy atom. The Bertz CT molecular complexity index is 1310. The molecule has 2 aromatic heterocycles. The molecule has 2 heterocycles. The molecule has 0 aliphatic rings.